The van der Waals surface area contributed by atoms with Crippen LogP contribution < -0.4 is 4.74 Å². The number of aliphatic hydroxyl groups excluding tert-OH is 1. The number of ketones is 1. The summed E-state index contributed by atoms with van der Waals surface area (Å²) in [6.07, 6.45) is 4.87. The summed E-state index contributed by atoms with van der Waals surface area (Å²) < 4.78 is 5.65. The van der Waals surface area contributed by atoms with Crippen molar-refractivity contribution in [3.63, 3.8) is 0 Å². The van der Waals surface area contributed by atoms with Gasteiger partial charge in [-0.05, 0) is 59.7 Å². The molecule has 166 valence electrons. The van der Waals surface area contributed by atoms with Crippen LogP contribution in [0.25, 0.3) is 5.76 Å². The molecule has 1 amide bonds. The van der Waals surface area contributed by atoms with Gasteiger partial charge in [0.05, 0.1) is 11.6 Å². The Kier molecular flexibility index (Phi) is 6.56. The van der Waals surface area contributed by atoms with Gasteiger partial charge in [-0.2, -0.15) is 0 Å². The monoisotopic (exact) mass is 460 g/mol. The molecule has 1 atom stereocenters. The Labute approximate surface area is 196 Å². The van der Waals surface area contributed by atoms with Crippen LogP contribution in [0.2, 0.25) is 5.02 Å². The van der Waals surface area contributed by atoms with Gasteiger partial charge in [-0.25, -0.2) is 0 Å². The predicted octanol–water partition coefficient (Wildman–Crippen LogP) is 4.92. The largest absolute Gasteiger partial charge is 0.507 e. The standard InChI is InChI=1S/C26H21ClN2O4/c1-2-14-33-21-5-3-4-19(15-21)23-22(24(30)18-6-8-20(27)9-7-18)25(31)26(32)29(23)16-17-10-12-28-13-11-17/h2-13,15,23,30H,1,14,16H2. The lowest BCUT2D eigenvalue weighted by atomic mass is 9.95. The molecule has 1 unspecified atom stereocenters. The molecule has 1 fully saturated rings. The Bertz CT molecular complexity index is 1220. The molecule has 6 nitrogen and oxygen atoms in total. The number of likely N-dealkylation sites (tertiary alicyclic amines) is 1. The van der Waals surface area contributed by atoms with E-state index in [9.17, 15) is 14.7 Å². The van der Waals surface area contributed by atoms with Gasteiger partial charge in [-0.15, -0.1) is 0 Å². The molecule has 1 saturated heterocycles. The molecule has 0 saturated carbocycles. The van der Waals surface area contributed by atoms with Gasteiger partial charge in [0.25, 0.3) is 11.7 Å². The van der Waals surface area contributed by atoms with E-state index < -0.39 is 17.7 Å². The third-order valence-corrected chi connectivity index (χ3v) is 5.55. The van der Waals surface area contributed by atoms with Crippen LogP contribution in [0.15, 0.2) is 91.3 Å². The highest BCUT2D eigenvalue weighted by Gasteiger charge is 2.46. The highest BCUT2D eigenvalue weighted by Crippen LogP contribution is 2.41. The lowest BCUT2D eigenvalue weighted by Crippen LogP contribution is -2.29. The van der Waals surface area contributed by atoms with Crippen LogP contribution in [0.1, 0.15) is 22.7 Å². The van der Waals surface area contributed by atoms with E-state index in [0.717, 1.165) is 5.56 Å². The van der Waals surface area contributed by atoms with Gasteiger partial charge in [0.15, 0.2) is 0 Å². The van der Waals surface area contributed by atoms with E-state index in [4.69, 9.17) is 16.3 Å². The van der Waals surface area contributed by atoms with Crippen molar-refractivity contribution >= 4 is 29.1 Å². The zero-order valence-electron chi connectivity index (χ0n) is 17.6. The molecule has 33 heavy (non-hydrogen) atoms. The molecule has 1 aromatic heterocycles. The number of hydrogen-bond donors (Lipinski definition) is 1. The molecule has 0 radical (unpaired) electrons. The molecule has 7 heteroatoms. The highest BCUT2D eigenvalue weighted by atomic mass is 35.5. The first-order chi connectivity index (χ1) is 16.0. The Morgan fingerprint density at radius 2 is 1.85 bits per heavy atom. The number of benzene rings is 2. The summed E-state index contributed by atoms with van der Waals surface area (Å²) in [5.41, 5.74) is 1.85. The Balaban J connectivity index is 1.84. The minimum absolute atomic E-state index is 0.0113. The second-order valence-electron chi connectivity index (χ2n) is 7.46. The zero-order valence-corrected chi connectivity index (χ0v) is 18.4. The molecule has 2 heterocycles. The second-order valence-corrected chi connectivity index (χ2v) is 7.90. The highest BCUT2D eigenvalue weighted by molar-refractivity contribution is 6.46. The summed E-state index contributed by atoms with van der Waals surface area (Å²) in [6, 6.07) is 16.3. The first-order valence-corrected chi connectivity index (χ1v) is 10.6. The molecular formula is C26H21ClN2O4. The van der Waals surface area contributed by atoms with Crippen LogP contribution in [0.3, 0.4) is 0 Å². The number of halogens is 1. The summed E-state index contributed by atoms with van der Waals surface area (Å²) >= 11 is 5.97. The first-order valence-electron chi connectivity index (χ1n) is 10.3. The van der Waals surface area contributed by atoms with Crippen LogP contribution in [0.4, 0.5) is 0 Å². The van der Waals surface area contributed by atoms with Gasteiger partial charge in [0.1, 0.15) is 18.1 Å². The van der Waals surface area contributed by atoms with Crippen molar-refractivity contribution < 1.29 is 19.4 Å². The van der Waals surface area contributed by atoms with E-state index in [1.165, 1.54) is 4.90 Å². The molecule has 4 rings (SSSR count). The summed E-state index contributed by atoms with van der Waals surface area (Å²) in [7, 11) is 0. The quantitative estimate of drug-likeness (QED) is 0.234. The van der Waals surface area contributed by atoms with Gasteiger partial charge in [0, 0.05) is 29.5 Å². The smallest absolute Gasteiger partial charge is 0.295 e. The molecule has 3 aromatic rings. The number of ether oxygens (including phenoxy) is 1. The maximum Gasteiger partial charge on any atom is 0.295 e. The summed E-state index contributed by atoms with van der Waals surface area (Å²) in [5, 5.41) is 11.6. The van der Waals surface area contributed by atoms with Crippen LogP contribution in [-0.4, -0.2) is 33.3 Å². The van der Waals surface area contributed by atoms with Gasteiger partial charge < -0.3 is 14.7 Å². The van der Waals surface area contributed by atoms with Crippen molar-refractivity contribution in [2.24, 2.45) is 0 Å². The Hall–Kier alpha value is -3.90. The van der Waals surface area contributed by atoms with Crippen molar-refractivity contribution in [1.82, 2.24) is 9.88 Å². The lowest BCUT2D eigenvalue weighted by molar-refractivity contribution is -0.140. The molecular weight excluding hydrogens is 440 g/mol. The van der Waals surface area contributed by atoms with Crippen molar-refractivity contribution in [2.45, 2.75) is 12.6 Å². The molecule has 2 aromatic carbocycles. The zero-order chi connectivity index (χ0) is 23.4. The normalized spacial score (nSPS) is 17.2. The van der Waals surface area contributed by atoms with E-state index in [2.05, 4.69) is 11.6 Å². The summed E-state index contributed by atoms with van der Waals surface area (Å²) in [4.78, 5) is 31.7. The molecule has 0 spiro atoms. The third-order valence-electron chi connectivity index (χ3n) is 5.30. The average Bonchev–Trinajstić information content (AvgIpc) is 3.08. The van der Waals surface area contributed by atoms with E-state index >= 15 is 0 Å². The third kappa shape index (κ3) is 4.66. The van der Waals surface area contributed by atoms with E-state index in [-0.39, 0.29) is 17.9 Å². The van der Waals surface area contributed by atoms with Crippen molar-refractivity contribution in [3.8, 4) is 5.75 Å². The SMILES string of the molecule is C=CCOc1cccc(C2C(=C(O)c3ccc(Cl)cc3)C(=O)C(=O)N2Cc2ccncc2)c1. The van der Waals surface area contributed by atoms with Crippen molar-refractivity contribution in [3.05, 3.63) is 113 Å². The number of aliphatic hydroxyl groups is 1. The summed E-state index contributed by atoms with van der Waals surface area (Å²) in [5.74, 6) is -1.14. The predicted molar refractivity (Wildman–Crippen MR) is 126 cm³/mol. The van der Waals surface area contributed by atoms with Crippen molar-refractivity contribution in [1.29, 1.82) is 0 Å². The van der Waals surface area contributed by atoms with Crippen LogP contribution >= 0.6 is 11.6 Å². The average molecular weight is 461 g/mol. The van der Waals surface area contributed by atoms with Crippen LogP contribution in [0, 0.1) is 0 Å². The van der Waals surface area contributed by atoms with Crippen LogP contribution in [-0.2, 0) is 16.1 Å². The summed E-state index contributed by atoms with van der Waals surface area (Å²) in [6.45, 7) is 4.14. The Morgan fingerprint density at radius 3 is 2.55 bits per heavy atom. The first kappa shape index (κ1) is 22.3. The fourth-order valence-electron chi connectivity index (χ4n) is 3.77. The van der Waals surface area contributed by atoms with Gasteiger partial charge in [-0.3, -0.25) is 14.6 Å². The van der Waals surface area contributed by atoms with E-state index in [1.54, 1.807) is 79.1 Å². The number of aromatic nitrogens is 1. The number of amides is 1. The van der Waals surface area contributed by atoms with Gasteiger partial charge >= 0.3 is 0 Å². The molecule has 1 aliphatic rings. The molecule has 0 aliphatic carbocycles. The second kappa shape index (κ2) is 9.71. The van der Waals surface area contributed by atoms with Gasteiger partial charge in [0.2, 0.25) is 0 Å². The topological polar surface area (TPSA) is 79.7 Å². The minimum Gasteiger partial charge on any atom is -0.507 e. The minimum atomic E-state index is -0.805. The molecule has 1 N–H and O–H groups in total. The van der Waals surface area contributed by atoms with Gasteiger partial charge in [-0.1, -0.05) is 36.4 Å². The molecule has 0 bridgehead atoms. The Morgan fingerprint density at radius 1 is 1.12 bits per heavy atom. The number of pyridine rings is 1. The fraction of sp³-hybridized carbons (Fsp3) is 0.115. The van der Waals surface area contributed by atoms with Crippen LogP contribution in [0.5, 0.6) is 5.75 Å². The molecule has 1 aliphatic heterocycles. The van der Waals surface area contributed by atoms with E-state index in [0.29, 0.717) is 28.5 Å². The number of hydrogen-bond acceptors (Lipinski definition) is 5. The number of carbonyl (C=O) groups is 2. The van der Waals surface area contributed by atoms with Crippen molar-refractivity contribution in [2.75, 3.05) is 6.61 Å². The lowest BCUT2D eigenvalue weighted by Gasteiger charge is -2.25. The van der Waals surface area contributed by atoms with E-state index in [1.807, 2.05) is 0 Å². The maximum atomic E-state index is 13.1. The fourth-order valence-corrected chi connectivity index (χ4v) is 3.89. The number of Topliss-reactive ketones (excluding diaryl/α,β-unsaturated/α-hetero) is 1. The number of carbonyl (C=O) groups excluding carboxylic acids is 2. The maximum absolute atomic E-state index is 13.1. The number of rotatable bonds is 7. The number of nitrogens with zero attached hydrogens (tertiary/aromatic N) is 2.